The standard InChI is InChI=1S/C20H29N3O5S2/c24-19(22-10-12-28-13-11-22)16-4-8-23(9-5-16)30(26,27)18-14-17(15-29-18)20(25)21-6-2-1-3-7-21/h14-16H,1-13H2. The van der Waals surface area contributed by atoms with Crippen LogP contribution < -0.4 is 0 Å². The molecule has 4 rings (SSSR count). The third kappa shape index (κ3) is 4.56. The lowest BCUT2D eigenvalue weighted by Crippen LogP contribution is -2.47. The summed E-state index contributed by atoms with van der Waals surface area (Å²) >= 11 is 1.11. The van der Waals surface area contributed by atoms with Crippen molar-refractivity contribution in [3.05, 3.63) is 17.0 Å². The molecule has 0 radical (unpaired) electrons. The number of sulfonamides is 1. The molecule has 4 heterocycles. The molecule has 10 heteroatoms. The Balaban J connectivity index is 1.37. The number of morpholine rings is 1. The third-order valence-electron chi connectivity index (χ3n) is 6.19. The van der Waals surface area contributed by atoms with Crippen LogP contribution in [0, 0.1) is 5.92 Å². The summed E-state index contributed by atoms with van der Waals surface area (Å²) < 4.78 is 33.1. The summed E-state index contributed by atoms with van der Waals surface area (Å²) in [5.41, 5.74) is 0.456. The van der Waals surface area contributed by atoms with Crippen molar-refractivity contribution in [3.8, 4) is 0 Å². The maximum atomic E-state index is 13.1. The van der Waals surface area contributed by atoms with Gasteiger partial charge in [0.05, 0.1) is 18.8 Å². The maximum Gasteiger partial charge on any atom is 0.254 e. The van der Waals surface area contributed by atoms with Crippen molar-refractivity contribution in [2.24, 2.45) is 5.92 Å². The minimum Gasteiger partial charge on any atom is -0.378 e. The zero-order valence-corrected chi connectivity index (χ0v) is 18.8. The molecule has 0 aliphatic carbocycles. The van der Waals surface area contributed by atoms with Crippen LogP contribution in [0.3, 0.4) is 0 Å². The Morgan fingerprint density at radius 1 is 0.933 bits per heavy atom. The van der Waals surface area contributed by atoms with Gasteiger partial charge < -0.3 is 14.5 Å². The molecule has 3 saturated heterocycles. The van der Waals surface area contributed by atoms with Crippen LogP contribution in [-0.4, -0.2) is 86.8 Å². The van der Waals surface area contributed by atoms with E-state index in [1.807, 2.05) is 9.80 Å². The number of carbonyl (C=O) groups is 2. The number of rotatable bonds is 4. The lowest BCUT2D eigenvalue weighted by Gasteiger charge is -2.34. The lowest BCUT2D eigenvalue weighted by atomic mass is 9.96. The van der Waals surface area contributed by atoms with Crippen LogP contribution in [0.5, 0.6) is 0 Å². The molecule has 30 heavy (non-hydrogen) atoms. The van der Waals surface area contributed by atoms with E-state index in [1.54, 1.807) is 5.38 Å². The van der Waals surface area contributed by atoms with Gasteiger partial charge in [0, 0.05) is 50.6 Å². The number of hydrogen-bond acceptors (Lipinski definition) is 6. The fraction of sp³-hybridized carbons (Fsp3) is 0.700. The fourth-order valence-corrected chi connectivity index (χ4v) is 7.13. The highest BCUT2D eigenvalue weighted by Gasteiger charge is 2.35. The smallest absolute Gasteiger partial charge is 0.254 e. The average Bonchev–Trinajstić information content (AvgIpc) is 3.30. The number of ether oxygens (including phenoxy) is 1. The predicted octanol–water partition coefficient (Wildman–Crippen LogP) is 1.63. The summed E-state index contributed by atoms with van der Waals surface area (Å²) in [6.45, 7) is 4.49. The fourth-order valence-electron chi connectivity index (χ4n) is 4.36. The zero-order valence-electron chi connectivity index (χ0n) is 17.1. The highest BCUT2D eigenvalue weighted by atomic mass is 32.2. The number of likely N-dealkylation sites (tertiary alicyclic amines) is 1. The van der Waals surface area contributed by atoms with Crippen molar-refractivity contribution in [1.29, 1.82) is 0 Å². The number of nitrogens with zero attached hydrogens (tertiary/aromatic N) is 3. The van der Waals surface area contributed by atoms with Gasteiger partial charge >= 0.3 is 0 Å². The quantitative estimate of drug-likeness (QED) is 0.689. The third-order valence-corrected chi connectivity index (χ3v) is 9.50. The Kier molecular flexibility index (Phi) is 6.76. The Labute approximate surface area is 181 Å². The second-order valence-corrected chi connectivity index (χ2v) is 11.2. The van der Waals surface area contributed by atoms with Crippen molar-refractivity contribution < 1.29 is 22.7 Å². The van der Waals surface area contributed by atoms with Crippen molar-refractivity contribution in [1.82, 2.24) is 14.1 Å². The first-order valence-corrected chi connectivity index (χ1v) is 13.0. The molecule has 8 nitrogen and oxygen atoms in total. The minimum absolute atomic E-state index is 0.0813. The highest BCUT2D eigenvalue weighted by molar-refractivity contribution is 7.91. The van der Waals surface area contributed by atoms with Crippen LogP contribution in [0.2, 0.25) is 0 Å². The van der Waals surface area contributed by atoms with Gasteiger partial charge in [0.2, 0.25) is 5.91 Å². The van der Waals surface area contributed by atoms with Crippen LogP contribution in [0.25, 0.3) is 0 Å². The van der Waals surface area contributed by atoms with Gasteiger partial charge in [-0.15, -0.1) is 11.3 Å². The number of thiophene rings is 1. The molecule has 3 fully saturated rings. The van der Waals surface area contributed by atoms with Crippen molar-refractivity contribution >= 4 is 33.2 Å². The van der Waals surface area contributed by atoms with E-state index in [0.29, 0.717) is 57.8 Å². The average molecular weight is 456 g/mol. The molecule has 0 aromatic carbocycles. The van der Waals surface area contributed by atoms with E-state index in [1.165, 1.54) is 10.4 Å². The van der Waals surface area contributed by atoms with Gasteiger partial charge in [0.25, 0.3) is 15.9 Å². The largest absolute Gasteiger partial charge is 0.378 e. The molecule has 0 spiro atoms. The Hall–Kier alpha value is -1.49. The molecule has 166 valence electrons. The molecule has 0 atom stereocenters. The summed E-state index contributed by atoms with van der Waals surface area (Å²) in [4.78, 5) is 29.0. The van der Waals surface area contributed by atoms with Gasteiger partial charge in [-0.2, -0.15) is 4.31 Å². The van der Waals surface area contributed by atoms with Gasteiger partial charge in [0.15, 0.2) is 0 Å². The number of carbonyl (C=O) groups excluding carboxylic acids is 2. The topological polar surface area (TPSA) is 87.2 Å². The second-order valence-electron chi connectivity index (χ2n) is 8.12. The van der Waals surface area contributed by atoms with Gasteiger partial charge in [0.1, 0.15) is 4.21 Å². The van der Waals surface area contributed by atoms with Gasteiger partial charge in [-0.1, -0.05) is 0 Å². The van der Waals surface area contributed by atoms with Crippen LogP contribution in [0.4, 0.5) is 0 Å². The van der Waals surface area contributed by atoms with Gasteiger partial charge in [-0.3, -0.25) is 9.59 Å². The molecule has 3 aliphatic rings. The molecule has 1 aromatic heterocycles. The maximum absolute atomic E-state index is 13.1. The molecular formula is C20H29N3O5S2. The van der Waals surface area contributed by atoms with E-state index < -0.39 is 10.0 Å². The first kappa shape index (κ1) is 21.7. The highest BCUT2D eigenvalue weighted by Crippen LogP contribution is 2.29. The molecule has 0 bridgehead atoms. The van der Waals surface area contributed by atoms with Crippen LogP contribution in [0.1, 0.15) is 42.5 Å². The lowest BCUT2D eigenvalue weighted by molar-refractivity contribution is -0.140. The van der Waals surface area contributed by atoms with E-state index in [9.17, 15) is 18.0 Å². The van der Waals surface area contributed by atoms with E-state index in [0.717, 1.165) is 43.7 Å². The first-order chi connectivity index (χ1) is 14.5. The summed E-state index contributed by atoms with van der Waals surface area (Å²) in [5, 5.41) is 1.65. The van der Waals surface area contributed by atoms with Crippen molar-refractivity contribution in [2.45, 2.75) is 36.3 Å². The molecule has 0 unspecified atom stereocenters. The zero-order chi connectivity index (χ0) is 21.1. The van der Waals surface area contributed by atoms with Gasteiger partial charge in [-0.25, -0.2) is 8.42 Å². The molecular weight excluding hydrogens is 426 g/mol. The Morgan fingerprint density at radius 3 is 2.27 bits per heavy atom. The predicted molar refractivity (Wildman–Crippen MR) is 113 cm³/mol. The van der Waals surface area contributed by atoms with Crippen molar-refractivity contribution in [2.75, 3.05) is 52.5 Å². The number of hydrogen-bond donors (Lipinski definition) is 0. The summed E-state index contributed by atoms with van der Waals surface area (Å²) in [6.07, 6.45) is 4.19. The first-order valence-electron chi connectivity index (χ1n) is 10.7. The van der Waals surface area contributed by atoms with E-state index in [4.69, 9.17) is 4.74 Å². The molecule has 2 amide bonds. The van der Waals surface area contributed by atoms with E-state index in [2.05, 4.69) is 0 Å². The van der Waals surface area contributed by atoms with E-state index >= 15 is 0 Å². The minimum atomic E-state index is -3.64. The Bertz CT molecular complexity index is 865. The van der Waals surface area contributed by atoms with Crippen molar-refractivity contribution in [3.63, 3.8) is 0 Å². The van der Waals surface area contributed by atoms with E-state index in [-0.39, 0.29) is 21.9 Å². The SMILES string of the molecule is O=C(c1csc(S(=O)(=O)N2CCC(C(=O)N3CCOCC3)CC2)c1)N1CCCCC1. The Morgan fingerprint density at radius 2 is 1.60 bits per heavy atom. The molecule has 3 aliphatic heterocycles. The number of amides is 2. The van der Waals surface area contributed by atoms with Crippen LogP contribution >= 0.6 is 11.3 Å². The molecule has 0 saturated carbocycles. The molecule has 1 aromatic rings. The number of piperidine rings is 2. The second kappa shape index (κ2) is 9.33. The normalized spacial score (nSPS) is 22.3. The van der Waals surface area contributed by atoms with Crippen LogP contribution in [-0.2, 0) is 19.6 Å². The monoisotopic (exact) mass is 455 g/mol. The molecule has 0 N–H and O–H groups in total. The summed E-state index contributed by atoms with van der Waals surface area (Å²) in [5.74, 6) is -0.0998. The summed E-state index contributed by atoms with van der Waals surface area (Å²) in [7, 11) is -3.64. The summed E-state index contributed by atoms with van der Waals surface area (Å²) in [6, 6.07) is 1.52. The van der Waals surface area contributed by atoms with Crippen LogP contribution in [0.15, 0.2) is 15.7 Å². The van der Waals surface area contributed by atoms with Gasteiger partial charge in [-0.05, 0) is 38.2 Å².